The lowest BCUT2D eigenvalue weighted by Crippen LogP contribution is -2.34. The molecule has 3 rings (SSSR count). The second kappa shape index (κ2) is 6.55. The standard InChI is InChI=1S/C17H19NO2/c1-2-4-14(5-3-1)12-20-16-8-6-15(7-9-16)17-13-19-11-10-18-17/h1-9,17-18H,10-13H2. The molecule has 1 saturated heterocycles. The smallest absolute Gasteiger partial charge is 0.119 e. The largest absolute Gasteiger partial charge is 0.489 e. The van der Waals surface area contributed by atoms with Gasteiger partial charge in [0.1, 0.15) is 12.4 Å². The summed E-state index contributed by atoms with van der Waals surface area (Å²) in [5.41, 5.74) is 2.43. The van der Waals surface area contributed by atoms with Gasteiger partial charge in [-0.2, -0.15) is 0 Å². The summed E-state index contributed by atoms with van der Waals surface area (Å²) in [6, 6.07) is 18.7. The van der Waals surface area contributed by atoms with Gasteiger partial charge in [0.2, 0.25) is 0 Å². The predicted molar refractivity (Wildman–Crippen MR) is 78.8 cm³/mol. The van der Waals surface area contributed by atoms with E-state index in [0.29, 0.717) is 12.6 Å². The normalized spacial score (nSPS) is 18.7. The number of hydrogen-bond donors (Lipinski definition) is 1. The average Bonchev–Trinajstić information content (AvgIpc) is 2.55. The first kappa shape index (κ1) is 13.2. The first-order chi connectivity index (χ1) is 9.92. The molecule has 1 aliphatic rings. The van der Waals surface area contributed by atoms with Crippen molar-refractivity contribution in [2.75, 3.05) is 19.8 Å². The van der Waals surface area contributed by atoms with E-state index in [1.54, 1.807) is 0 Å². The van der Waals surface area contributed by atoms with Crippen LogP contribution in [0.2, 0.25) is 0 Å². The molecule has 0 saturated carbocycles. The zero-order valence-corrected chi connectivity index (χ0v) is 11.4. The van der Waals surface area contributed by atoms with Crippen LogP contribution in [0.4, 0.5) is 0 Å². The Hall–Kier alpha value is -1.84. The van der Waals surface area contributed by atoms with E-state index in [-0.39, 0.29) is 0 Å². The Morgan fingerprint density at radius 2 is 1.85 bits per heavy atom. The lowest BCUT2D eigenvalue weighted by Gasteiger charge is -2.24. The number of ether oxygens (including phenoxy) is 2. The molecule has 0 aliphatic carbocycles. The fourth-order valence-corrected chi connectivity index (χ4v) is 2.32. The van der Waals surface area contributed by atoms with Gasteiger partial charge in [0.25, 0.3) is 0 Å². The second-order valence-electron chi connectivity index (χ2n) is 4.92. The Morgan fingerprint density at radius 1 is 1.05 bits per heavy atom. The van der Waals surface area contributed by atoms with Gasteiger partial charge in [0, 0.05) is 6.54 Å². The van der Waals surface area contributed by atoms with Crippen molar-refractivity contribution >= 4 is 0 Å². The van der Waals surface area contributed by atoms with Gasteiger partial charge in [-0.05, 0) is 23.3 Å². The van der Waals surface area contributed by atoms with Crippen molar-refractivity contribution in [3.8, 4) is 5.75 Å². The molecule has 1 aliphatic heterocycles. The number of morpholine rings is 1. The van der Waals surface area contributed by atoms with E-state index >= 15 is 0 Å². The van der Waals surface area contributed by atoms with E-state index in [4.69, 9.17) is 9.47 Å². The Morgan fingerprint density at radius 3 is 2.55 bits per heavy atom. The van der Waals surface area contributed by atoms with Crippen molar-refractivity contribution in [3.05, 3.63) is 65.7 Å². The Balaban J connectivity index is 1.58. The maximum Gasteiger partial charge on any atom is 0.119 e. The minimum absolute atomic E-state index is 0.298. The van der Waals surface area contributed by atoms with Gasteiger partial charge in [-0.25, -0.2) is 0 Å². The van der Waals surface area contributed by atoms with Gasteiger partial charge in [-0.15, -0.1) is 0 Å². The summed E-state index contributed by atoms with van der Waals surface area (Å²) in [6.07, 6.45) is 0. The van der Waals surface area contributed by atoms with Crippen LogP contribution < -0.4 is 10.1 Å². The molecule has 0 amide bonds. The molecule has 2 aromatic rings. The highest BCUT2D eigenvalue weighted by Crippen LogP contribution is 2.20. The highest BCUT2D eigenvalue weighted by molar-refractivity contribution is 5.29. The van der Waals surface area contributed by atoms with E-state index in [1.807, 2.05) is 30.3 Å². The molecule has 1 atom stereocenters. The van der Waals surface area contributed by atoms with Crippen LogP contribution in [0.5, 0.6) is 5.75 Å². The molecule has 3 heteroatoms. The number of nitrogens with one attached hydrogen (secondary N) is 1. The van der Waals surface area contributed by atoms with Crippen molar-refractivity contribution in [3.63, 3.8) is 0 Å². The van der Waals surface area contributed by atoms with Crippen LogP contribution >= 0.6 is 0 Å². The third-order valence-electron chi connectivity index (χ3n) is 3.45. The summed E-state index contributed by atoms with van der Waals surface area (Å²) < 4.78 is 11.3. The number of rotatable bonds is 4. The lowest BCUT2D eigenvalue weighted by molar-refractivity contribution is 0.0768. The molecular weight excluding hydrogens is 250 g/mol. The summed E-state index contributed by atoms with van der Waals surface area (Å²) in [5, 5.41) is 3.45. The third kappa shape index (κ3) is 3.38. The minimum atomic E-state index is 0.298. The predicted octanol–water partition coefficient (Wildman–Crippen LogP) is 2.93. The van der Waals surface area contributed by atoms with Crippen LogP contribution in [0, 0.1) is 0 Å². The fraction of sp³-hybridized carbons (Fsp3) is 0.294. The molecule has 1 heterocycles. The van der Waals surface area contributed by atoms with Crippen molar-refractivity contribution < 1.29 is 9.47 Å². The monoisotopic (exact) mass is 269 g/mol. The maximum atomic E-state index is 5.78. The minimum Gasteiger partial charge on any atom is -0.489 e. The Labute approximate surface area is 119 Å². The highest BCUT2D eigenvalue weighted by Gasteiger charge is 2.14. The Bertz CT molecular complexity index is 518. The summed E-state index contributed by atoms with van der Waals surface area (Å²) >= 11 is 0. The van der Waals surface area contributed by atoms with Crippen LogP contribution in [-0.4, -0.2) is 19.8 Å². The summed E-state index contributed by atoms with van der Waals surface area (Å²) in [5.74, 6) is 0.898. The number of benzene rings is 2. The SMILES string of the molecule is c1ccc(COc2ccc(C3COCCN3)cc2)cc1. The first-order valence-electron chi connectivity index (χ1n) is 6.99. The lowest BCUT2D eigenvalue weighted by atomic mass is 10.1. The molecular formula is C17H19NO2. The van der Waals surface area contributed by atoms with Crippen molar-refractivity contribution in [2.24, 2.45) is 0 Å². The van der Waals surface area contributed by atoms with Crippen LogP contribution in [0.15, 0.2) is 54.6 Å². The molecule has 1 N–H and O–H groups in total. The van der Waals surface area contributed by atoms with Crippen LogP contribution in [0.25, 0.3) is 0 Å². The second-order valence-corrected chi connectivity index (χ2v) is 4.92. The van der Waals surface area contributed by atoms with E-state index in [2.05, 4.69) is 29.6 Å². The third-order valence-corrected chi connectivity index (χ3v) is 3.45. The van der Waals surface area contributed by atoms with Gasteiger partial charge in [0.15, 0.2) is 0 Å². The molecule has 0 spiro atoms. The molecule has 2 aromatic carbocycles. The molecule has 1 unspecified atom stereocenters. The topological polar surface area (TPSA) is 30.5 Å². The molecule has 0 radical (unpaired) electrons. The molecule has 3 nitrogen and oxygen atoms in total. The van der Waals surface area contributed by atoms with Crippen molar-refractivity contribution in [1.82, 2.24) is 5.32 Å². The zero-order valence-electron chi connectivity index (χ0n) is 11.4. The van der Waals surface area contributed by atoms with Crippen molar-refractivity contribution in [2.45, 2.75) is 12.6 Å². The van der Waals surface area contributed by atoms with Gasteiger partial charge in [-0.1, -0.05) is 42.5 Å². The van der Waals surface area contributed by atoms with Crippen LogP contribution in [0.3, 0.4) is 0 Å². The maximum absolute atomic E-state index is 5.78. The summed E-state index contributed by atoms with van der Waals surface area (Å²) in [6.45, 7) is 3.06. The molecule has 104 valence electrons. The average molecular weight is 269 g/mol. The van der Waals surface area contributed by atoms with Crippen LogP contribution in [0.1, 0.15) is 17.2 Å². The van der Waals surface area contributed by atoms with Gasteiger partial charge in [-0.3, -0.25) is 0 Å². The fourth-order valence-electron chi connectivity index (χ4n) is 2.32. The van der Waals surface area contributed by atoms with E-state index in [0.717, 1.165) is 25.5 Å². The highest BCUT2D eigenvalue weighted by atomic mass is 16.5. The molecule has 1 fully saturated rings. The first-order valence-corrected chi connectivity index (χ1v) is 6.99. The van der Waals surface area contributed by atoms with E-state index < -0.39 is 0 Å². The zero-order chi connectivity index (χ0) is 13.6. The molecule has 0 aromatic heterocycles. The van der Waals surface area contributed by atoms with E-state index in [1.165, 1.54) is 11.1 Å². The van der Waals surface area contributed by atoms with Gasteiger partial charge >= 0.3 is 0 Å². The Kier molecular flexibility index (Phi) is 4.31. The van der Waals surface area contributed by atoms with Crippen LogP contribution in [-0.2, 0) is 11.3 Å². The van der Waals surface area contributed by atoms with Crippen molar-refractivity contribution in [1.29, 1.82) is 0 Å². The number of hydrogen-bond acceptors (Lipinski definition) is 3. The van der Waals surface area contributed by atoms with E-state index in [9.17, 15) is 0 Å². The molecule has 20 heavy (non-hydrogen) atoms. The summed E-state index contributed by atoms with van der Waals surface area (Å²) in [4.78, 5) is 0. The van der Waals surface area contributed by atoms with Gasteiger partial charge in [0.05, 0.1) is 19.3 Å². The molecule has 0 bridgehead atoms. The quantitative estimate of drug-likeness (QED) is 0.925. The van der Waals surface area contributed by atoms with Gasteiger partial charge < -0.3 is 14.8 Å². The summed E-state index contributed by atoms with van der Waals surface area (Å²) in [7, 11) is 0.